The molecule has 7 nitrogen and oxygen atoms in total. The van der Waals surface area contributed by atoms with Gasteiger partial charge in [-0.2, -0.15) is 0 Å². The van der Waals surface area contributed by atoms with Crippen molar-refractivity contribution in [1.29, 1.82) is 0 Å². The summed E-state index contributed by atoms with van der Waals surface area (Å²) in [6, 6.07) is 18.6. The lowest BCUT2D eigenvalue weighted by Gasteiger charge is -2.35. The molecule has 0 unspecified atom stereocenters. The van der Waals surface area contributed by atoms with Gasteiger partial charge in [0.25, 0.3) is 11.8 Å². The number of barbiturate groups is 1. The second kappa shape index (κ2) is 10.5. The molecule has 184 valence electrons. The Bertz CT molecular complexity index is 1290. The highest BCUT2D eigenvalue weighted by molar-refractivity contribution is 6.46. The highest BCUT2D eigenvalue weighted by atomic mass is 16.5. The maximum atomic E-state index is 13.7. The van der Waals surface area contributed by atoms with Crippen LogP contribution < -0.4 is 19.3 Å². The minimum atomic E-state index is -0.716. The molecule has 0 aromatic heterocycles. The first-order valence-electron chi connectivity index (χ1n) is 11.7. The predicted molar refractivity (Wildman–Crippen MR) is 139 cm³/mol. The van der Waals surface area contributed by atoms with Crippen LogP contribution in [0.4, 0.5) is 16.2 Å². The van der Waals surface area contributed by atoms with Gasteiger partial charge in [-0.05, 0) is 67.3 Å². The van der Waals surface area contributed by atoms with Crippen LogP contribution >= 0.6 is 0 Å². The van der Waals surface area contributed by atoms with Crippen LogP contribution in [0.1, 0.15) is 30.0 Å². The van der Waals surface area contributed by atoms with E-state index in [1.807, 2.05) is 45.0 Å². The smallest absolute Gasteiger partial charge is 0.343 e. The van der Waals surface area contributed by atoms with E-state index < -0.39 is 17.8 Å². The Morgan fingerprint density at radius 2 is 1.33 bits per heavy atom. The first kappa shape index (κ1) is 24.7. The number of hydrogen-bond acceptors (Lipinski definition) is 5. The summed E-state index contributed by atoms with van der Waals surface area (Å²) in [6.45, 7) is 6.17. The van der Waals surface area contributed by atoms with Crippen molar-refractivity contribution >= 4 is 35.3 Å². The van der Waals surface area contributed by atoms with E-state index in [1.54, 1.807) is 42.5 Å². The molecule has 1 heterocycles. The quantitative estimate of drug-likeness (QED) is 0.318. The second-order valence-corrected chi connectivity index (χ2v) is 8.45. The number of anilines is 2. The fraction of sp³-hybridized carbons (Fsp3) is 0.207. The van der Waals surface area contributed by atoms with Crippen molar-refractivity contribution in [2.75, 3.05) is 23.5 Å². The largest absolute Gasteiger partial charge is 0.493 e. The van der Waals surface area contributed by atoms with E-state index in [0.29, 0.717) is 35.0 Å². The summed E-state index contributed by atoms with van der Waals surface area (Å²) in [4.78, 5) is 43.1. The summed E-state index contributed by atoms with van der Waals surface area (Å²) in [7, 11) is 1.53. The highest BCUT2D eigenvalue weighted by Crippen LogP contribution is 2.34. The maximum Gasteiger partial charge on any atom is 0.343 e. The molecular formula is C29H28N2O5. The molecule has 0 radical (unpaired) electrons. The Balaban J connectivity index is 1.85. The molecule has 0 aliphatic carbocycles. The van der Waals surface area contributed by atoms with Crippen LogP contribution in [0.15, 0.2) is 72.3 Å². The Hall–Kier alpha value is -4.39. The van der Waals surface area contributed by atoms with Gasteiger partial charge >= 0.3 is 6.03 Å². The molecular weight excluding hydrogens is 456 g/mol. The maximum absolute atomic E-state index is 13.7. The molecule has 1 saturated heterocycles. The van der Waals surface area contributed by atoms with Gasteiger partial charge in [-0.3, -0.25) is 9.59 Å². The van der Waals surface area contributed by atoms with Gasteiger partial charge in [0.05, 0.1) is 25.1 Å². The zero-order valence-electron chi connectivity index (χ0n) is 20.8. The lowest BCUT2D eigenvalue weighted by atomic mass is 10.0. The molecule has 36 heavy (non-hydrogen) atoms. The summed E-state index contributed by atoms with van der Waals surface area (Å²) >= 11 is 0. The van der Waals surface area contributed by atoms with E-state index in [2.05, 4.69) is 0 Å². The Labute approximate surface area is 210 Å². The lowest BCUT2D eigenvalue weighted by Crippen LogP contribution is -2.57. The molecule has 4 amide bonds. The van der Waals surface area contributed by atoms with E-state index in [1.165, 1.54) is 13.2 Å². The van der Waals surface area contributed by atoms with E-state index in [9.17, 15) is 14.4 Å². The minimum absolute atomic E-state index is 0.134. The molecule has 0 bridgehead atoms. The van der Waals surface area contributed by atoms with E-state index in [4.69, 9.17) is 9.47 Å². The van der Waals surface area contributed by atoms with Crippen LogP contribution in [-0.2, 0) is 9.59 Å². The summed E-state index contributed by atoms with van der Waals surface area (Å²) in [5, 5.41) is 0. The van der Waals surface area contributed by atoms with Crippen LogP contribution in [0.5, 0.6) is 11.5 Å². The fourth-order valence-corrected chi connectivity index (χ4v) is 4.05. The third-order valence-corrected chi connectivity index (χ3v) is 5.92. The Morgan fingerprint density at radius 1 is 0.778 bits per heavy atom. The van der Waals surface area contributed by atoms with E-state index in [0.717, 1.165) is 27.3 Å². The zero-order valence-corrected chi connectivity index (χ0v) is 20.8. The number of ether oxygens (including phenoxy) is 2. The topological polar surface area (TPSA) is 76.2 Å². The van der Waals surface area contributed by atoms with Gasteiger partial charge in [0.1, 0.15) is 5.57 Å². The number of para-hydroxylation sites is 2. The summed E-state index contributed by atoms with van der Waals surface area (Å²) in [5.74, 6) is -0.319. The number of aryl methyl sites for hydroxylation is 2. The summed E-state index contributed by atoms with van der Waals surface area (Å²) < 4.78 is 11.2. The number of carbonyl (C=O) groups excluding carboxylic acids is 3. The van der Waals surface area contributed by atoms with Crippen molar-refractivity contribution in [2.24, 2.45) is 0 Å². The number of nitrogens with zero attached hydrogens (tertiary/aromatic N) is 2. The summed E-state index contributed by atoms with van der Waals surface area (Å²) in [5.41, 5.74) is 2.74. The molecule has 1 aliphatic heterocycles. The van der Waals surface area contributed by atoms with Gasteiger partial charge < -0.3 is 9.47 Å². The van der Waals surface area contributed by atoms with Crippen molar-refractivity contribution in [1.82, 2.24) is 0 Å². The molecule has 3 aromatic carbocycles. The molecule has 1 fully saturated rings. The normalized spacial score (nSPS) is 13.8. The number of rotatable bonds is 7. The average molecular weight is 485 g/mol. The van der Waals surface area contributed by atoms with E-state index >= 15 is 0 Å². The number of benzene rings is 3. The predicted octanol–water partition coefficient (Wildman–Crippen LogP) is 5.68. The average Bonchev–Trinajstić information content (AvgIpc) is 2.88. The first-order chi connectivity index (χ1) is 17.4. The van der Waals surface area contributed by atoms with Gasteiger partial charge in [0.2, 0.25) is 0 Å². The number of amides is 4. The summed E-state index contributed by atoms with van der Waals surface area (Å²) in [6.07, 6.45) is 2.33. The lowest BCUT2D eigenvalue weighted by molar-refractivity contribution is -0.121. The van der Waals surface area contributed by atoms with Crippen LogP contribution in [0, 0.1) is 13.8 Å². The van der Waals surface area contributed by atoms with E-state index in [-0.39, 0.29) is 5.57 Å². The monoisotopic (exact) mass is 484 g/mol. The Kier molecular flexibility index (Phi) is 7.20. The fourth-order valence-electron chi connectivity index (χ4n) is 4.05. The molecule has 0 spiro atoms. The molecule has 7 heteroatoms. The van der Waals surface area contributed by atoms with Gasteiger partial charge in [-0.15, -0.1) is 0 Å². The van der Waals surface area contributed by atoms with Gasteiger partial charge in [-0.25, -0.2) is 14.6 Å². The van der Waals surface area contributed by atoms with Crippen LogP contribution in [-0.4, -0.2) is 31.6 Å². The van der Waals surface area contributed by atoms with Crippen LogP contribution in [0.25, 0.3) is 6.08 Å². The van der Waals surface area contributed by atoms with Gasteiger partial charge in [0.15, 0.2) is 11.5 Å². The third-order valence-electron chi connectivity index (χ3n) is 5.92. The highest BCUT2D eigenvalue weighted by Gasteiger charge is 2.44. The molecule has 3 aromatic rings. The third kappa shape index (κ3) is 4.60. The van der Waals surface area contributed by atoms with Gasteiger partial charge in [0, 0.05) is 0 Å². The zero-order chi connectivity index (χ0) is 25.8. The molecule has 0 N–H and O–H groups in total. The molecule has 1 aliphatic rings. The standard InChI is InChI=1S/C29H28N2O5/c1-5-16-36-25-15-14-21(18-26(25)35-4)17-22-27(32)30(23-12-8-6-10-19(23)2)29(34)31(28(22)33)24-13-9-7-11-20(24)3/h6-15,17-18H,5,16H2,1-4H3. The number of methoxy groups -OCH3 is 1. The molecule has 4 rings (SSSR count). The molecule has 0 atom stereocenters. The number of hydrogen-bond donors (Lipinski definition) is 0. The number of carbonyl (C=O) groups is 3. The second-order valence-electron chi connectivity index (χ2n) is 8.45. The van der Waals surface area contributed by atoms with Crippen molar-refractivity contribution in [3.05, 3.63) is 89.0 Å². The van der Waals surface area contributed by atoms with Crippen molar-refractivity contribution in [2.45, 2.75) is 27.2 Å². The van der Waals surface area contributed by atoms with Crippen molar-refractivity contribution in [3.63, 3.8) is 0 Å². The number of imide groups is 2. The van der Waals surface area contributed by atoms with Crippen LogP contribution in [0.3, 0.4) is 0 Å². The Morgan fingerprint density at radius 3 is 1.83 bits per heavy atom. The SMILES string of the molecule is CCCOc1ccc(C=C2C(=O)N(c3ccccc3C)C(=O)N(c3ccccc3C)C2=O)cc1OC. The van der Waals surface area contributed by atoms with Crippen LogP contribution in [0.2, 0.25) is 0 Å². The van der Waals surface area contributed by atoms with Crippen molar-refractivity contribution < 1.29 is 23.9 Å². The van der Waals surface area contributed by atoms with Crippen molar-refractivity contribution in [3.8, 4) is 11.5 Å². The number of urea groups is 1. The van der Waals surface area contributed by atoms with Gasteiger partial charge in [-0.1, -0.05) is 49.4 Å². The minimum Gasteiger partial charge on any atom is -0.493 e. The molecule has 0 saturated carbocycles. The first-order valence-corrected chi connectivity index (χ1v) is 11.7.